The monoisotopic (exact) mass is 242 g/mol. The maximum atomic E-state index is 9.05. The van der Waals surface area contributed by atoms with Gasteiger partial charge in [-0.2, -0.15) is 0 Å². The minimum absolute atomic E-state index is 0.329. The predicted molar refractivity (Wildman–Crippen MR) is 65.0 cm³/mol. The molecule has 1 aliphatic rings. The van der Waals surface area contributed by atoms with Gasteiger partial charge in [0, 0.05) is 24.2 Å². The van der Waals surface area contributed by atoms with Gasteiger partial charge in [0.05, 0.1) is 0 Å². The average Bonchev–Trinajstić information content (AvgIpc) is 2.78. The van der Waals surface area contributed by atoms with Crippen LogP contribution in [0.3, 0.4) is 0 Å². The summed E-state index contributed by atoms with van der Waals surface area (Å²) in [5.74, 6) is 5.79. The van der Waals surface area contributed by atoms with Crippen LogP contribution in [0.2, 0.25) is 0 Å². The number of nitrogen functional groups attached to an aromatic ring is 1. The molecular weight excluding hydrogens is 224 g/mol. The van der Waals surface area contributed by atoms with Crippen molar-refractivity contribution in [1.82, 2.24) is 9.88 Å². The fourth-order valence-electron chi connectivity index (χ4n) is 1.99. The van der Waals surface area contributed by atoms with Crippen LogP contribution in [0.25, 0.3) is 0 Å². The Morgan fingerprint density at radius 1 is 1.56 bits per heavy atom. The molecule has 0 amide bonds. The number of thiazole rings is 1. The van der Waals surface area contributed by atoms with Crippen molar-refractivity contribution in [2.45, 2.75) is 19.4 Å². The van der Waals surface area contributed by atoms with Gasteiger partial charge in [0.15, 0.2) is 5.13 Å². The molecule has 1 aromatic heterocycles. The first-order valence-corrected chi connectivity index (χ1v) is 6.38. The lowest BCUT2D eigenvalue weighted by molar-refractivity contribution is 0.128. The fraction of sp³-hybridized carbons (Fsp3) is 0.700. The number of likely N-dealkylation sites (tertiary alicyclic amines) is 1. The van der Waals surface area contributed by atoms with Gasteiger partial charge in [-0.05, 0) is 31.8 Å². The Bertz CT molecular complexity index is 322. The van der Waals surface area contributed by atoms with E-state index in [1.54, 1.807) is 11.3 Å². The standard InChI is InChI=1S/C10H18N4OS/c11-13-10-12-5-9(16-10)6-14-3-1-8(7-15)2-4-14/h5,8,15H,1-4,6-7,11H2,(H,12,13). The molecule has 6 heteroatoms. The number of aliphatic hydroxyl groups is 1. The number of nitrogens with two attached hydrogens (primary N) is 1. The molecule has 2 heterocycles. The van der Waals surface area contributed by atoms with Crippen molar-refractivity contribution in [3.05, 3.63) is 11.1 Å². The van der Waals surface area contributed by atoms with Gasteiger partial charge in [-0.1, -0.05) is 11.3 Å². The van der Waals surface area contributed by atoms with E-state index >= 15 is 0 Å². The molecule has 0 spiro atoms. The topological polar surface area (TPSA) is 74.4 Å². The molecule has 0 unspecified atom stereocenters. The van der Waals surface area contributed by atoms with Crippen molar-refractivity contribution in [3.8, 4) is 0 Å². The van der Waals surface area contributed by atoms with Gasteiger partial charge in [-0.25, -0.2) is 10.8 Å². The highest BCUT2D eigenvalue weighted by atomic mass is 32.1. The molecule has 1 aliphatic heterocycles. The van der Waals surface area contributed by atoms with Crippen LogP contribution in [-0.4, -0.2) is 34.7 Å². The Morgan fingerprint density at radius 3 is 2.88 bits per heavy atom. The summed E-state index contributed by atoms with van der Waals surface area (Å²) in [6, 6.07) is 0. The Labute approximate surface area is 99.3 Å². The van der Waals surface area contributed by atoms with Crippen LogP contribution in [0.15, 0.2) is 6.20 Å². The highest BCUT2D eigenvalue weighted by molar-refractivity contribution is 7.15. The minimum Gasteiger partial charge on any atom is -0.396 e. The summed E-state index contributed by atoms with van der Waals surface area (Å²) in [5, 5.41) is 9.82. The van der Waals surface area contributed by atoms with Crippen LogP contribution >= 0.6 is 11.3 Å². The number of nitrogens with one attached hydrogen (secondary N) is 1. The lowest BCUT2D eigenvalue weighted by Gasteiger charge is -2.30. The molecule has 2 rings (SSSR count). The molecule has 5 nitrogen and oxygen atoms in total. The number of aromatic nitrogens is 1. The van der Waals surface area contributed by atoms with E-state index in [2.05, 4.69) is 15.3 Å². The molecule has 0 atom stereocenters. The third-order valence-electron chi connectivity index (χ3n) is 3.02. The second-order valence-corrected chi connectivity index (χ2v) is 5.29. The number of piperidine rings is 1. The summed E-state index contributed by atoms with van der Waals surface area (Å²) in [6.07, 6.45) is 4.06. The largest absolute Gasteiger partial charge is 0.396 e. The third-order valence-corrected chi connectivity index (χ3v) is 3.94. The molecule has 16 heavy (non-hydrogen) atoms. The van der Waals surface area contributed by atoms with Crippen LogP contribution in [-0.2, 0) is 6.54 Å². The lowest BCUT2D eigenvalue weighted by Crippen LogP contribution is -2.34. The van der Waals surface area contributed by atoms with Gasteiger partial charge in [-0.3, -0.25) is 10.3 Å². The Hall–Kier alpha value is -0.690. The summed E-state index contributed by atoms with van der Waals surface area (Å²) in [7, 11) is 0. The van der Waals surface area contributed by atoms with Crippen LogP contribution in [0, 0.1) is 5.92 Å². The van der Waals surface area contributed by atoms with Gasteiger partial charge in [0.2, 0.25) is 0 Å². The Balaban J connectivity index is 1.82. The summed E-state index contributed by atoms with van der Waals surface area (Å²) in [6.45, 7) is 3.40. The van der Waals surface area contributed by atoms with E-state index in [1.165, 1.54) is 4.88 Å². The van der Waals surface area contributed by atoms with Crippen LogP contribution in [0.4, 0.5) is 5.13 Å². The van der Waals surface area contributed by atoms with Crippen molar-refractivity contribution < 1.29 is 5.11 Å². The van der Waals surface area contributed by atoms with E-state index in [4.69, 9.17) is 10.9 Å². The number of rotatable bonds is 4. The van der Waals surface area contributed by atoms with E-state index in [0.29, 0.717) is 12.5 Å². The molecular formula is C10H18N4OS. The fourth-order valence-corrected chi connectivity index (χ4v) is 2.76. The highest BCUT2D eigenvalue weighted by Gasteiger charge is 2.18. The van der Waals surface area contributed by atoms with Crippen molar-refractivity contribution in [3.63, 3.8) is 0 Å². The molecule has 1 saturated heterocycles. The van der Waals surface area contributed by atoms with Crippen molar-refractivity contribution >= 4 is 16.5 Å². The maximum absolute atomic E-state index is 9.05. The molecule has 1 fully saturated rings. The minimum atomic E-state index is 0.329. The lowest BCUT2D eigenvalue weighted by atomic mass is 9.98. The van der Waals surface area contributed by atoms with Crippen molar-refractivity contribution in [1.29, 1.82) is 0 Å². The van der Waals surface area contributed by atoms with E-state index in [9.17, 15) is 0 Å². The maximum Gasteiger partial charge on any atom is 0.197 e. The van der Waals surface area contributed by atoms with Gasteiger partial charge >= 0.3 is 0 Å². The smallest absolute Gasteiger partial charge is 0.197 e. The first-order valence-electron chi connectivity index (χ1n) is 5.56. The zero-order chi connectivity index (χ0) is 11.4. The number of aliphatic hydroxyl groups excluding tert-OH is 1. The number of nitrogens with zero attached hydrogens (tertiary/aromatic N) is 2. The average molecular weight is 242 g/mol. The van der Waals surface area contributed by atoms with E-state index in [-0.39, 0.29) is 0 Å². The van der Waals surface area contributed by atoms with Gasteiger partial charge in [-0.15, -0.1) is 0 Å². The molecule has 90 valence electrons. The molecule has 1 aromatic rings. The summed E-state index contributed by atoms with van der Waals surface area (Å²) >= 11 is 1.59. The Morgan fingerprint density at radius 2 is 2.31 bits per heavy atom. The van der Waals surface area contributed by atoms with Crippen LogP contribution < -0.4 is 11.3 Å². The normalized spacial score (nSPS) is 18.9. The van der Waals surface area contributed by atoms with Crippen LogP contribution in [0.5, 0.6) is 0 Å². The first kappa shape index (κ1) is 11.8. The van der Waals surface area contributed by atoms with Crippen molar-refractivity contribution in [2.75, 3.05) is 25.1 Å². The van der Waals surface area contributed by atoms with Gasteiger partial charge < -0.3 is 5.11 Å². The zero-order valence-corrected chi connectivity index (χ0v) is 10.0. The highest BCUT2D eigenvalue weighted by Crippen LogP contribution is 2.22. The number of hydrazine groups is 1. The molecule has 0 aliphatic carbocycles. The third kappa shape index (κ3) is 2.91. The summed E-state index contributed by atoms with van der Waals surface area (Å²) in [4.78, 5) is 7.78. The van der Waals surface area contributed by atoms with E-state index in [0.717, 1.165) is 37.6 Å². The molecule has 0 saturated carbocycles. The quantitative estimate of drug-likeness (QED) is 0.533. The molecule has 0 aromatic carbocycles. The van der Waals surface area contributed by atoms with Gasteiger partial charge in [0.1, 0.15) is 0 Å². The predicted octanol–water partition coefficient (Wildman–Crippen LogP) is 0.633. The number of hydrogen-bond donors (Lipinski definition) is 3. The molecule has 0 radical (unpaired) electrons. The second kappa shape index (κ2) is 5.58. The van der Waals surface area contributed by atoms with E-state index < -0.39 is 0 Å². The molecule has 0 bridgehead atoms. The number of anilines is 1. The summed E-state index contributed by atoms with van der Waals surface area (Å²) in [5.41, 5.74) is 2.56. The SMILES string of the molecule is NNc1ncc(CN2CCC(CO)CC2)s1. The Kier molecular flexibility index (Phi) is 4.11. The van der Waals surface area contributed by atoms with Gasteiger partial charge in [0.25, 0.3) is 0 Å². The van der Waals surface area contributed by atoms with Crippen molar-refractivity contribution in [2.24, 2.45) is 11.8 Å². The number of hydrogen-bond acceptors (Lipinski definition) is 6. The first-order chi connectivity index (χ1) is 7.81. The van der Waals surface area contributed by atoms with Crippen LogP contribution in [0.1, 0.15) is 17.7 Å². The molecule has 4 N–H and O–H groups in total. The van der Waals surface area contributed by atoms with E-state index in [1.807, 2.05) is 6.20 Å². The zero-order valence-electron chi connectivity index (χ0n) is 9.22. The second-order valence-electron chi connectivity index (χ2n) is 4.18. The summed E-state index contributed by atoms with van der Waals surface area (Å²) < 4.78 is 0.